The number of nitrogens with one attached hydrogen (secondary N) is 2. The van der Waals surface area contributed by atoms with E-state index < -0.39 is 0 Å². The van der Waals surface area contributed by atoms with E-state index >= 15 is 0 Å². The minimum absolute atomic E-state index is 0.0440. The molecule has 0 saturated carbocycles. The van der Waals surface area contributed by atoms with Crippen LogP contribution in [0.15, 0.2) is 18.2 Å². The van der Waals surface area contributed by atoms with Crippen LogP contribution in [0.3, 0.4) is 0 Å². The molecule has 0 aliphatic carbocycles. The van der Waals surface area contributed by atoms with Crippen LogP contribution in [0.4, 0.5) is 11.4 Å². The molecule has 0 spiro atoms. The van der Waals surface area contributed by atoms with Crippen LogP contribution in [0, 0.1) is 0 Å². The van der Waals surface area contributed by atoms with Gasteiger partial charge in [-0.05, 0) is 49.6 Å². The Kier molecular flexibility index (Phi) is 5.75. The van der Waals surface area contributed by atoms with E-state index in [0.717, 1.165) is 55.6 Å². The Morgan fingerprint density at radius 1 is 1.19 bits per heavy atom. The van der Waals surface area contributed by atoms with E-state index in [1.54, 1.807) is 0 Å². The van der Waals surface area contributed by atoms with Gasteiger partial charge in [-0.25, -0.2) is 0 Å². The number of fused-ring (bicyclic) bond motifs is 1. The number of anilines is 2. The maximum absolute atomic E-state index is 11.9. The fourth-order valence-electron chi connectivity index (χ4n) is 2.47. The molecule has 5 heteroatoms. The van der Waals surface area contributed by atoms with E-state index in [2.05, 4.69) is 10.6 Å². The zero-order valence-electron chi connectivity index (χ0n) is 12.3. The summed E-state index contributed by atoms with van der Waals surface area (Å²) in [7, 11) is 0. The van der Waals surface area contributed by atoms with Gasteiger partial charge < -0.3 is 16.4 Å². The molecule has 21 heavy (non-hydrogen) atoms. The lowest BCUT2D eigenvalue weighted by molar-refractivity contribution is -0.117. The SMILES string of the molecule is NCCCCCCC(=O)Nc1ccc2c(c1)CCC(=O)N2. The van der Waals surface area contributed by atoms with Crippen molar-refractivity contribution < 1.29 is 9.59 Å². The molecule has 0 fully saturated rings. The molecule has 0 radical (unpaired) electrons. The van der Waals surface area contributed by atoms with Crippen LogP contribution >= 0.6 is 0 Å². The molecule has 1 aliphatic rings. The number of amides is 2. The van der Waals surface area contributed by atoms with Gasteiger partial charge in [-0.2, -0.15) is 0 Å². The molecule has 4 N–H and O–H groups in total. The average molecular weight is 289 g/mol. The molecule has 1 aromatic rings. The molecule has 0 saturated heterocycles. The Hall–Kier alpha value is -1.88. The van der Waals surface area contributed by atoms with Crippen molar-refractivity contribution in [3.8, 4) is 0 Å². The van der Waals surface area contributed by atoms with Crippen molar-refractivity contribution in [1.29, 1.82) is 0 Å². The highest BCUT2D eigenvalue weighted by atomic mass is 16.2. The van der Waals surface area contributed by atoms with Crippen molar-refractivity contribution in [3.63, 3.8) is 0 Å². The third-order valence-electron chi connectivity index (χ3n) is 3.64. The van der Waals surface area contributed by atoms with E-state index in [0.29, 0.717) is 12.8 Å². The maximum Gasteiger partial charge on any atom is 0.224 e. The van der Waals surface area contributed by atoms with Crippen LogP contribution in [-0.2, 0) is 16.0 Å². The van der Waals surface area contributed by atoms with Gasteiger partial charge in [-0.3, -0.25) is 9.59 Å². The summed E-state index contributed by atoms with van der Waals surface area (Å²) in [6, 6.07) is 5.63. The van der Waals surface area contributed by atoms with Crippen LogP contribution in [0.2, 0.25) is 0 Å². The van der Waals surface area contributed by atoms with Gasteiger partial charge in [0, 0.05) is 24.2 Å². The Morgan fingerprint density at radius 2 is 2.00 bits per heavy atom. The van der Waals surface area contributed by atoms with E-state index in [1.807, 2.05) is 18.2 Å². The van der Waals surface area contributed by atoms with Gasteiger partial charge in [0.25, 0.3) is 0 Å². The van der Waals surface area contributed by atoms with Crippen LogP contribution in [0.1, 0.15) is 44.1 Å². The van der Waals surface area contributed by atoms with Crippen molar-refractivity contribution >= 4 is 23.2 Å². The number of rotatable bonds is 7. The highest BCUT2D eigenvalue weighted by molar-refractivity contribution is 5.95. The average Bonchev–Trinajstić information content (AvgIpc) is 2.47. The highest BCUT2D eigenvalue weighted by Gasteiger charge is 2.15. The number of benzene rings is 1. The molecule has 2 rings (SSSR count). The molecule has 2 amide bonds. The Bertz CT molecular complexity index is 514. The molecule has 5 nitrogen and oxygen atoms in total. The van der Waals surface area contributed by atoms with E-state index in [1.165, 1.54) is 0 Å². The van der Waals surface area contributed by atoms with Crippen molar-refractivity contribution in [3.05, 3.63) is 23.8 Å². The maximum atomic E-state index is 11.9. The van der Waals surface area contributed by atoms with E-state index in [4.69, 9.17) is 5.73 Å². The molecule has 0 unspecified atom stereocenters. The summed E-state index contributed by atoms with van der Waals surface area (Å²) in [5.41, 5.74) is 8.17. The second-order valence-corrected chi connectivity index (χ2v) is 5.42. The van der Waals surface area contributed by atoms with Gasteiger partial charge in [0.15, 0.2) is 0 Å². The first-order chi connectivity index (χ1) is 10.2. The van der Waals surface area contributed by atoms with Gasteiger partial charge in [-0.1, -0.05) is 12.8 Å². The number of nitrogens with two attached hydrogens (primary N) is 1. The molecular weight excluding hydrogens is 266 g/mol. The van der Waals surface area contributed by atoms with E-state index in [-0.39, 0.29) is 11.8 Å². The first-order valence-corrected chi connectivity index (χ1v) is 7.62. The molecule has 0 atom stereocenters. The summed E-state index contributed by atoms with van der Waals surface area (Å²) in [6.45, 7) is 0.720. The lowest BCUT2D eigenvalue weighted by atomic mass is 10.0. The number of unbranched alkanes of at least 4 members (excludes halogenated alkanes) is 3. The summed E-state index contributed by atoms with van der Waals surface area (Å²) in [5, 5.41) is 5.75. The zero-order valence-corrected chi connectivity index (χ0v) is 12.3. The Labute approximate surface area is 125 Å². The lowest BCUT2D eigenvalue weighted by Gasteiger charge is -2.17. The summed E-state index contributed by atoms with van der Waals surface area (Å²) in [5.74, 6) is 0.0966. The van der Waals surface area contributed by atoms with E-state index in [9.17, 15) is 9.59 Å². The van der Waals surface area contributed by atoms with Gasteiger partial charge in [0.2, 0.25) is 11.8 Å². The summed E-state index contributed by atoms with van der Waals surface area (Å²) >= 11 is 0. The van der Waals surface area contributed by atoms with Crippen molar-refractivity contribution in [2.75, 3.05) is 17.2 Å². The number of carbonyl (C=O) groups excluding carboxylic acids is 2. The first kappa shape index (κ1) is 15.5. The van der Waals surface area contributed by atoms with Gasteiger partial charge in [0.1, 0.15) is 0 Å². The molecular formula is C16H23N3O2. The fraction of sp³-hybridized carbons (Fsp3) is 0.500. The third kappa shape index (κ3) is 4.86. The number of aryl methyl sites for hydroxylation is 1. The normalized spacial score (nSPS) is 13.5. The largest absolute Gasteiger partial charge is 0.330 e. The minimum Gasteiger partial charge on any atom is -0.330 e. The second kappa shape index (κ2) is 7.78. The smallest absolute Gasteiger partial charge is 0.224 e. The highest BCUT2D eigenvalue weighted by Crippen LogP contribution is 2.25. The van der Waals surface area contributed by atoms with Crippen LogP contribution in [0.5, 0.6) is 0 Å². The summed E-state index contributed by atoms with van der Waals surface area (Å²) in [6.07, 6.45) is 5.82. The van der Waals surface area contributed by atoms with Gasteiger partial charge >= 0.3 is 0 Å². The van der Waals surface area contributed by atoms with Gasteiger partial charge in [0.05, 0.1) is 0 Å². The molecule has 0 bridgehead atoms. The molecule has 1 aliphatic heterocycles. The molecule has 1 aromatic carbocycles. The number of hydrogen-bond donors (Lipinski definition) is 3. The number of carbonyl (C=O) groups is 2. The first-order valence-electron chi connectivity index (χ1n) is 7.62. The molecule has 1 heterocycles. The van der Waals surface area contributed by atoms with Crippen molar-refractivity contribution in [1.82, 2.24) is 0 Å². The van der Waals surface area contributed by atoms with Crippen molar-refractivity contribution in [2.45, 2.75) is 44.9 Å². The quantitative estimate of drug-likeness (QED) is 0.674. The summed E-state index contributed by atoms with van der Waals surface area (Å²) < 4.78 is 0. The second-order valence-electron chi connectivity index (χ2n) is 5.42. The van der Waals surface area contributed by atoms with Crippen LogP contribution < -0.4 is 16.4 Å². The fourth-order valence-corrected chi connectivity index (χ4v) is 2.47. The van der Waals surface area contributed by atoms with Crippen LogP contribution in [-0.4, -0.2) is 18.4 Å². The monoisotopic (exact) mass is 289 g/mol. The molecule has 0 aromatic heterocycles. The lowest BCUT2D eigenvalue weighted by Crippen LogP contribution is -2.19. The van der Waals surface area contributed by atoms with Crippen molar-refractivity contribution in [2.24, 2.45) is 5.73 Å². The predicted octanol–water partition coefficient (Wildman–Crippen LogP) is 2.42. The third-order valence-corrected chi connectivity index (χ3v) is 3.64. The Balaban J connectivity index is 1.80. The predicted molar refractivity (Wildman–Crippen MR) is 84.2 cm³/mol. The topological polar surface area (TPSA) is 84.2 Å². The summed E-state index contributed by atoms with van der Waals surface area (Å²) in [4.78, 5) is 23.2. The Morgan fingerprint density at radius 3 is 2.81 bits per heavy atom. The zero-order chi connectivity index (χ0) is 15.1. The minimum atomic E-state index is 0.0440. The van der Waals surface area contributed by atoms with Gasteiger partial charge in [-0.15, -0.1) is 0 Å². The number of hydrogen-bond acceptors (Lipinski definition) is 3. The molecule has 114 valence electrons. The van der Waals surface area contributed by atoms with Crippen LogP contribution in [0.25, 0.3) is 0 Å². The standard InChI is InChI=1S/C16H23N3O2/c17-10-4-2-1-3-5-15(20)18-13-7-8-14-12(11-13)6-9-16(21)19-14/h7-8,11H,1-6,9-10,17H2,(H,18,20)(H,19,21).